The summed E-state index contributed by atoms with van der Waals surface area (Å²) in [4.78, 5) is 27.1. The van der Waals surface area contributed by atoms with E-state index in [1.54, 1.807) is 46.8 Å². The smallest absolute Gasteiger partial charge is 0.310 e. The first-order valence-electron chi connectivity index (χ1n) is 11.0. The molecule has 2 atom stereocenters. The summed E-state index contributed by atoms with van der Waals surface area (Å²) in [7, 11) is -3.63. The fourth-order valence-corrected chi connectivity index (χ4v) is 5.59. The van der Waals surface area contributed by atoms with Crippen LogP contribution in [0.3, 0.4) is 0 Å². The normalized spacial score (nSPS) is 18.6. The second kappa shape index (κ2) is 11.1. The van der Waals surface area contributed by atoms with Crippen molar-refractivity contribution in [3.8, 4) is 0 Å². The second-order valence-electron chi connectivity index (χ2n) is 7.82. The van der Waals surface area contributed by atoms with Crippen molar-refractivity contribution in [2.24, 2.45) is 5.92 Å². The number of benzene rings is 1. The van der Waals surface area contributed by atoms with Crippen LogP contribution >= 0.6 is 0 Å². The molecule has 1 saturated heterocycles. The predicted octanol–water partition coefficient (Wildman–Crippen LogP) is 2.63. The Hall–Kier alpha value is -1.97. The lowest BCUT2D eigenvalue weighted by Gasteiger charge is -2.35. The Morgan fingerprint density at radius 3 is 2.55 bits per heavy atom. The number of anilines is 1. The van der Waals surface area contributed by atoms with Crippen molar-refractivity contribution >= 4 is 27.6 Å². The number of amides is 1. The maximum atomic E-state index is 12.9. The number of carbonyl (C=O) groups excluding carboxylic acids is 2. The number of ether oxygens (including phenoxy) is 1. The lowest BCUT2D eigenvalue weighted by atomic mass is 9.97. The maximum Gasteiger partial charge on any atom is 0.310 e. The van der Waals surface area contributed by atoms with E-state index in [0.29, 0.717) is 37.5 Å². The van der Waals surface area contributed by atoms with Gasteiger partial charge in [-0.2, -0.15) is 4.31 Å². The third kappa shape index (κ3) is 6.05. The van der Waals surface area contributed by atoms with Gasteiger partial charge in [0.05, 0.1) is 23.5 Å². The summed E-state index contributed by atoms with van der Waals surface area (Å²) in [6.45, 7) is 11.2. The summed E-state index contributed by atoms with van der Waals surface area (Å²) in [5.41, 5.74) is 1.07. The highest BCUT2D eigenvalue weighted by Crippen LogP contribution is 2.25. The molecule has 1 aromatic carbocycles. The van der Waals surface area contributed by atoms with Gasteiger partial charge in [-0.25, -0.2) is 8.42 Å². The first kappa shape index (κ1) is 25.3. The average molecular weight is 454 g/mol. The number of carbonyl (C=O) groups is 2. The summed E-state index contributed by atoms with van der Waals surface area (Å²) in [6, 6.07) is 4.47. The molecule has 9 heteroatoms. The number of aryl methyl sites for hydroxylation is 1. The first-order valence-corrected chi connectivity index (χ1v) is 12.4. The zero-order chi connectivity index (χ0) is 23.2. The third-order valence-electron chi connectivity index (χ3n) is 5.78. The summed E-state index contributed by atoms with van der Waals surface area (Å²) in [5.74, 6) is -0.682. The molecular weight excluding hydrogens is 418 g/mol. The Bertz CT molecular complexity index is 883. The minimum absolute atomic E-state index is 0.196. The number of nitrogens with zero attached hydrogens (tertiary/aromatic N) is 2. The Morgan fingerprint density at radius 1 is 1.26 bits per heavy atom. The van der Waals surface area contributed by atoms with Gasteiger partial charge in [-0.05, 0) is 57.9 Å². The molecule has 0 aliphatic carbocycles. The highest BCUT2D eigenvalue weighted by atomic mass is 32.2. The molecular formula is C22H35N3O5S. The van der Waals surface area contributed by atoms with E-state index >= 15 is 0 Å². The van der Waals surface area contributed by atoms with E-state index in [-0.39, 0.29) is 22.7 Å². The first-order chi connectivity index (χ1) is 14.6. The van der Waals surface area contributed by atoms with Crippen LogP contribution in [0.1, 0.15) is 46.1 Å². The quantitative estimate of drug-likeness (QED) is 0.578. The van der Waals surface area contributed by atoms with Gasteiger partial charge in [-0.1, -0.05) is 19.9 Å². The minimum atomic E-state index is -3.63. The van der Waals surface area contributed by atoms with Crippen LogP contribution in [-0.2, 0) is 24.3 Å². The number of likely N-dealkylation sites (tertiary alicyclic amines) is 1. The minimum Gasteiger partial charge on any atom is -0.466 e. The molecule has 1 heterocycles. The molecule has 1 aliphatic heterocycles. The van der Waals surface area contributed by atoms with Crippen LogP contribution in [0, 0.1) is 12.8 Å². The number of esters is 1. The Labute approximate surface area is 186 Å². The SMILES string of the molecule is CCOC(=O)C1CCCN(C(C)C(=O)Nc2ccc(C)c(S(=O)(=O)N(CC)CC)c2)C1. The summed E-state index contributed by atoms with van der Waals surface area (Å²) in [6.07, 6.45) is 1.58. The predicted molar refractivity (Wildman–Crippen MR) is 120 cm³/mol. The number of piperidine rings is 1. The third-order valence-corrected chi connectivity index (χ3v) is 7.97. The van der Waals surface area contributed by atoms with Gasteiger partial charge in [0.1, 0.15) is 0 Å². The number of nitrogens with one attached hydrogen (secondary N) is 1. The zero-order valence-electron chi connectivity index (χ0n) is 19.2. The van der Waals surface area contributed by atoms with E-state index in [9.17, 15) is 18.0 Å². The van der Waals surface area contributed by atoms with Gasteiger partial charge in [0.2, 0.25) is 15.9 Å². The number of hydrogen-bond acceptors (Lipinski definition) is 6. The van der Waals surface area contributed by atoms with Gasteiger partial charge < -0.3 is 10.1 Å². The summed E-state index contributed by atoms with van der Waals surface area (Å²) >= 11 is 0. The number of rotatable bonds is 9. The van der Waals surface area contributed by atoms with Crippen LogP contribution in [0.2, 0.25) is 0 Å². The largest absolute Gasteiger partial charge is 0.466 e. The molecule has 8 nitrogen and oxygen atoms in total. The van der Waals surface area contributed by atoms with E-state index in [1.807, 2.05) is 4.90 Å². The lowest BCUT2D eigenvalue weighted by Crippen LogP contribution is -2.48. The van der Waals surface area contributed by atoms with Crippen LogP contribution < -0.4 is 5.32 Å². The molecule has 2 rings (SSSR count). The average Bonchev–Trinajstić information content (AvgIpc) is 2.75. The van der Waals surface area contributed by atoms with Crippen molar-refractivity contribution in [1.29, 1.82) is 0 Å². The van der Waals surface area contributed by atoms with E-state index in [4.69, 9.17) is 4.74 Å². The fraction of sp³-hybridized carbons (Fsp3) is 0.636. The van der Waals surface area contributed by atoms with Crippen LogP contribution in [0.4, 0.5) is 5.69 Å². The molecule has 1 N–H and O–H groups in total. The van der Waals surface area contributed by atoms with Crippen LogP contribution in [0.15, 0.2) is 23.1 Å². The van der Waals surface area contributed by atoms with Gasteiger partial charge in [-0.3, -0.25) is 14.5 Å². The second-order valence-corrected chi connectivity index (χ2v) is 9.73. The van der Waals surface area contributed by atoms with Crippen LogP contribution in [0.5, 0.6) is 0 Å². The van der Waals surface area contributed by atoms with Crippen molar-refractivity contribution in [1.82, 2.24) is 9.21 Å². The molecule has 0 bridgehead atoms. The molecule has 174 valence electrons. The molecule has 1 amide bonds. The molecule has 0 radical (unpaired) electrons. The number of hydrogen-bond donors (Lipinski definition) is 1. The van der Waals surface area contributed by atoms with Crippen molar-refractivity contribution < 1.29 is 22.7 Å². The maximum absolute atomic E-state index is 12.9. The molecule has 2 unspecified atom stereocenters. The molecule has 0 spiro atoms. The van der Waals surface area contributed by atoms with Gasteiger partial charge >= 0.3 is 5.97 Å². The van der Waals surface area contributed by atoms with E-state index in [0.717, 1.165) is 19.4 Å². The Morgan fingerprint density at radius 2 is 1.94 bits per heavy atom. The highest BCUT2D eigenvalue weighted by Gasteiger charge is 2.32. The number of sulfonamides is 1. The molecule has 31 heavy (non-hydrogen) atoms. The molecule has 1 aromatic rings. The van der Waals surface area contributed by atoms with E-state index < -0.39 is 16.1 Å². The summed E-state index contributed by atoms with van der Waals surface area (Å²) < 4.78 is 32.4. The molecule has 0 saturated carbocycles. The highest BCUT2D eigenvalue weighted by molar-refractivity contribution is 7.89. The molecule has 1 aliphatic rings. The lowest BCUT2D eigenvalue weighted by molar-refractivity contribution is -0.150. The zero-order valence-corrected chi connectivity index (χ0v) is 20.0. The van der Waals surface area contributed by atoms with Crippen LogP contribution in [-0.4, -0.2) is 68.3 Å². The van der Waals surface area contributed by atoms with E-state index in [2.05, 4.69) is 5.32 Å². The van der Waals surface area contributed by atoms with Gasteiger partial charge in [0.25, 0.3) is 0 Å². The van der Waals surface area contributed by atoms with Gasteiger partial charge in [0.15, 0.2) is 0 Å². The van der Waals surface area contributed by atoms with Crippen molar-refractivity contribution in [3.05, 3.63) is 23.8 Å². The van der Waals surface area contributed by atoms with E-state index in [1.165, 1.54) is 10.4 Å². The van der Waals surface area contributed by atoms with Crippen molar-refractivity contribution in [3.63, 3.8) is 0 Å². The fourth-order valence-electron chi connectivity index (χ4n) is 3.88. The van der Waals surface area contributed by atoms with Crippen LogP contribution in [0.25, 0.3) is 0 Å². The Balaban J connectivity index is 2.14. The van der Waals surface area contributed by atoms with Gasteiger partial charge in [-0.15, -0.1) is 0 Å². The van der Waals surface area contributed by atoms with Crippen molar-refractivity contribution in [2.75, 3.05) is 38.1 Å². The molecule has 1 fully saturated rings. The monoisotopic (exact) mass is 453 g/mol. The summed E-state index contributed by atoms with van der Waals surface area (Å²) in [5, 5.41) is 2.84. The standard InChI is InChI=1S/C22H35N3O5S/c1-6-25(7-2)31(28,29)20-14-19(12-11-16(20)4)23-21(26)17(5)24-13-9-10-18(15-24)22(27)30-8-3/h11-12,14,17-18H,6-10,13,15H2,1-5H3,(H,23,26). The Kier molecular flexibility index (Phi) is 9.02. The topological polar surface area (TPSA) is 96.0 Å². The molecule has 0 aromatic heterocycles. The van der Waals surface area contributed by atoms with Crippen molar-refractivity contribution in [2.45, 2.75) is 58.4 Å². The van der Waals surface area contributed by atoms with Gasteiger partial charge in [0, 0.05) is 25.3 Å².